The SMILES string of the molecule is O=C(O[C@H]1CCOC1=O)c1cc([N+](=O)[O-])ccc1Sc1ccc(Cl)cc1. The van der Waals surface area contributed by atoms with Crippen molar-refractivity contribution >= 4 is 41.0 Å². The summed E-state index contributed by atoms with van der Waals surface area (Å²) in [5.74, 6) is -1.43. The van der Waals surface area contributed by atoms with Crippen LogP contribution in [0.5, 0.6) is 0 Å². The molecule has 3 rings (SSSR count). The molecule has 1 aliphatic heterocycles. The van der Waals surface area contributed by atoms with Crippen molar-refractivity contribution < 1.29 is 24.0 Å². The summed E-state index contributed by atoms with van der Waals surface area (Å²) in [6.45, 7) is 0.179. The summed E-state index contributed by atoms with van der Waals surface area (Å²) in [6, 6.07) is 10.8. The maximum absolute atomic E-state index is 12.5. The molecule has 7 nitrogen and oxygen atoms in total. The molecule has 2 aromatic rings. The van der Waals surface area contributed by atoms with E-state index in [9.17, 15) is 19.7 Å². The van der Waals surface area contributed by atoms with Crippen LogP contribution in [0.3, 0.4) is 0 Å². The largest absolute Gasteiger partial charge is 0.463 e. The number of halogens is 1. The Hall–Kier alpha value is -2.58. The highest BCUT2D eigenvalue weighted by atomic mass is 35.5. The Morgan fingerprint density at radius 3 is 2.62 bits per heavy atom. The lowest BCUT2D eigenvalue weighted by molar-refractivity contribution is -0.384. The second kappa shape index (κ2) is 7.76. The summed E-state index contributed by atoms with van der Waals surface area (Å²) < 4.78 is 9.93. The Balaban J connectivity index is 1.90. The average Bonchev–Trinajstić information content (AvgIpc) is 3.01. The molecule has 0 aliphatic carbocycles. The minimum Gasteiger partial charge on any atom is -0.463 e. The third kappa shape index (κ3) is 4.14. The van der Waals surface area contributed by atoms with E-state index in [1.54, 1.807) is 24.3 Å². The van der Waals surface area contributed by atoms with Crippen molar-refractivity contribution in [2.75, 3.05) is 6.61 Å². The summed E-state index contributed by atoms with van der Waals surface area (Å²) in [5.41, 5.74) is -0.231. The molecule has 9 heteroatoms. The van der Waals surface area contributed by atoms with Crippen LogP contribution in [-0.4, -0.2) is 29.6 Å². The van der Waals surface area contributed by atoms with Crippen LogP contribution in [0.4, 0.5) is 5.69 Å². The smallest absolute Gasteiger partial charge is 0.347 e. The summed E-state index contributed by atoms with van der Waals surface area (Å²) in [7, 11) is 0. The van der Waals surface area contributed by atoms with Gasteiger partial charge in [0, 0.05) is 33.4 Å². The maximum atomic E-state index is 12.5. The molecule has 2 aromatic carbocycles. The fraction of sp³-hybridized carbons (Fsp3) is 0.176. The van der Waals surface area contributed by atoms with Gasteiger partial charge in [0.15, 0.2) is 0 Å². The van der Waals surface area contributed by atoms with E-state index < -0.39 is 23.0 Å². The van der Waals surface area contributed by atoms with Crippen LogP contribution in [0.2, 0.25) is 5.02 Å². The molecule has 26 heavy (non-hydrogen) atoms. The van der Waals surface area contributed by atoms with Crippen LogP contribution in [0.1, 0.15) is 16.8 Å². The molecule has 1 heterocycles. The van der Waals surface area contributed by atoms with Crippen LogP contribution in [-0.2, 0) is 14.3 Å². The monoisotopic (exact) mass is 393 g/mol. The molecule has 0 unspecified atom stereocenters. The first-order valence-electron chi connectivity index (χ1n) is 7.53. The van der Waals surface area contributed by atoms with Gasteiger partial charge in [-0.05, 0) is 30.3 Å². The highest BCUT2D eigenvalue weighted by molar-refractivity contribution is 7.99. The number of carbonyl (C=O) groups excluding carboxylic acids is 2. The normalized spacial score (nSPS) is 16.2. The number of carbonyl (C=O) groups is 2. The highest BCUT2D eigenvalue weighted by Crippen LogP contribution is 2.34. The van der Waals surface area contributed by atoms with Crippen molar-refractivity contribution in [1.82, 2.24) is 0 Å². The van der Waals surface area contributed by atoms with Crippen LogP contribution in [0.25, 0.3) is 0 Å². The number of ether oxygens (including phenoxy) is 2. The number of nitro benzene ring substituents is 1. The number of hydrogen-bond donors (Lipinski definition) is 0. The predicted octanol–water partition coefficient (Wildman–Crippen LogP) is 3.87. The van der Waals surface area contributed by atoms with Crippen LogP contribution < -0.4 is 0 Å². The van der Waals surface area contributed by atoms with Crippen LogP contribution in [0, 0.1) is 10.1 Å². The highest BCUT2D eigenvalue weighted by Gasteiger charge is 2.31. The number of esters is 2. The van der Waals surface area contributed by atoms with Gasteiger partial charge in [0.2, 0.25) is 6.10 Å². The lowest BCUT2D eigenvalue weighted by atomic mass is 10.2. The second-order valence-corrected chi connectivity index (χ2v) is 6.90. The molecule has 1 atom stereocenters. The van der Waals surface area contributed by atoms with E-state index in [0.717, 1.165) is 11.0 Å². The van der Waals surface area contributed by atoms with E-state index in [-0.39, 0.29) is 24.3 Å². The van der Waals surface area contributed by atoms with Crippen molar-refractivity contribution in [2.24, 2.45) is 0 Å². The van der Waals surface area contributed by atoms with E-state index in [1.165, 1.54) is 23.9 Å². The van der Waals surface area contributed by atoms with E-state index in [4.69, 9.17) is 21.1 Å². The Labute approximate surface area is 157 Å². The Morgan fingerprint density at radius 2 is 2.00 bits per heavy atom. The molecule has 0 N–H and O–H groups in total. The van der Waals surface area contributed by atoms with Gasteiger partial charge >= 0.3 is 11.9 Å². The third-order valence-electron chi connectivity index (χ3n) is 3.57. The van der Waals surface area contributed by atoms with Gasteiger partial charge in [-0.1, -0.05) is 23.4 Å². The zero-order chi connectivity index (χ0) is 18.7. The zero-order valence-corrected chi connectivity index (χ0v) is 14.8. The molecule has 0 radical (unpaired) electrons. The van der Waals surface area contributed by atoms with Crippen LogP contribution >= 0.6 is 23.4 Å². The molecule has 134 valence electrons. The fourth-order valence-electron chi connectivity index (χ4n) is 2.29. The molecule has 0 bridgehead atoms. The topological polar surface area (TPSA) is 95.7 Å². The van der Waals surface area contributed by atoms with Gasteiger partial charge in [-0.3, -0.25) is 10.1 Å². The van der Waals surface area contributed by atoms with Gasteiger partial charge in [-0.15, -0.1) is 0 Å². The Bertz CT molecular complexity index is 870. The zero-order valence-electron chi connectivity index (χ0n) is 13.2. The van der Waals surface area contributed by atoms with Crippen molar-refractivity contribution in [3.8, 4) is 0 Å². The number of benzene rings is 2. The summed E-state index contributed by atoms with van der Waals surface area (Å²) in [5, 5.41) is 11.6. The molecule has 1 aliphatic rings. The number of non-ortho nitro benzene ring substituents is 1. The first-order valence-corrected chi connectivity index (χ1v) is 8.73. The first kappa shape index (κ1) is 18.2. The van der Waals surface area contributed by atoms with E-state index in [1.807, 2.05) is 0 Å². The molecule has 0 saturated carbocycles. The lowest BCUT2D eigenvalue weighted by Gasteiger charge is -2.11. The molecular weight excluding hydrogens is 382 g/mol. The Kier molecular flexibility index (Phi) is 5.43. The van der Waals surface area contributed by atoms with Crippen molar-refractivity contribution in [3.05, 3.63) is 63.2 Å². The van der Waals surface area contributed by atoms with Gasteiger partial charge < -0.3 is 9.47 Å². The lowest BCUT2D eigenvalue weighted by Crippen LogP contribution is -2.23. The van der Waals surface area contributed by atoms with Crippen molar-refractivity contribution in [1.29, 1.82) is 0 Å². The number of rotatable bonds is 5. The number of nitrogens with zero attached hydrogens (tertiary/aromatic N) is 1. The van der Waals surface area contributed by atoms with E-state index in [2.05, 4.69) is 0 Å². The molecule has 0 aromatic heterocycles. The Morgan fingerprint density at radius 1 is 1.27 bits per heavy atom. The van der Waals surface area contributed by atoms with Gasteiger partial charge in [0.25, 0.3) is 5.69 Å². The minimum absolute atomic E-state index is 0.0128. The van der Waals surface area contributed by atoms with Gasteiger partial charge in [0.1, 0.15) is 0 Å². The number of cyclic esters (lactones) is 1. The fourth-order valence-corrected chi connectivity index (χ4v) is 3.33. The van der Waals surface area contributed by atoms with E-state index in [0.29, 0.717) is 9.92 Å². The molecule has 1 fully saturated rings. The maximum Gasteiger partial charge on any atom is 0.347 e. The predicted molar refractivity (Wildman–Crippen MR) is 93.5 cm³/mol. The first-order chi connectivity index (χ1) is 12.4. The summed E-state index contributed by atoms with van der Waals surface area (Å²) in [6.07, 6.45) is -0.728. The minimum atomic E-state index is -0.991. The average molecular weight is 394 g/mol. The quantitative estimate of drug-likeness (QED) is 0.432. The molecule has 1 saturated heterocycles. The third-order valence-corrected chi connectivity index (χ3v) is 4.91. The number of nitro groups is 1. The molecule has 0 amide bonds. The van der Waals surface area contributed by atoms with Gasteiger partial charge in [-0.25, -0.2) is 9.59 Å². The van der Waals surface area contributed by atoms with E-state index >= 15 is 0 Å². The van der Waals surface area contributed by atoms with Gasteiger partial charge in [0.05, 0.1) is 17.1 Å². The molecule has 0 spiro atoms. The van der Waals surface area contributed by atoms with Crippen LogP contribution in [0.15, 0.2) is 52.3 Å². The van der Waals surface area contributed by atoms with Gasteiger partial charge in [-0.2, -0.15) is 0 Å². The standard InChI is InChI=1S/C17H12ClNO6S/c18-10-1-4-12(5-2-10)26-15-6-3-11(19(22)23)9-13(15)16(20)25-14-7-8-24-17(14)21/h1-6,9,14H,7-8H2/t14-/m0/s1. The van der Waals surface area contributed by atoms with Crippen molar-refractivity contribution in [3.63, 3.8) is 0 Å². The summed E-state index contributed by atoms with van der Waals surface area (Å²) in [4.78, 5) is 35.7. The van der Waals surface area contributed by atoms with Crippen molar-refractivity contribution in [2.45, 2.75) is 22.3 Å². The number of hydrogen-bond acceptors (Lipinski definition) is 7. The molecular formula is C17H12ClNO6S. The second-order valence-electron chi connectivity index (χ2n) is 5.34. The summed E-state index contributed by atoms with van der Waals surface area (Å²) >= 11 is 7.09.